The van der Waals surface area contributed by atoms with Crippen molar-refractivity contribution in [2.24, 2.45) is 5.92 Å². The first-order valence-electron chi connectivity index (χ1n) is 8.39. The van der Waals surface area contributed by atoms with Crippen LogP contribution in [0.15, 0.2) is 42.6 Å². The maximum Gasteiger partial charge on any atom is 0.274 e. The summed E-state index contributed by atoms with van der Waals surface area (Å²) in [7, 11) is 0. The Morgan fingerprint density at radius 1 is 1.21 bits per heavy atom. The Hall–Kier alpha value is -1.85. The van der Waals surface area contributed by atoms with E-state index >= 15 is 0 Å². The molecule has 1 aromatic carbocycles. The van der Waals surface area contributed by atoms with E-state index in [4.69, 9.17) is 0 Å². The molecule has 6 heteroatoms. The molecule has 130 valence electrons. The normalized spacial score (nSPS) is 15.1. The van der Waals surface area contributed by atoms with Gasteiger partial charge in [-0.1, -0.05) is 25.1 Å². The van der Waals surface area contributed by atoms with E-state index in [2.05, 4.69) is 17.3 Å². The molecule has 1 aliphatic heterocycles. The molecule has 1 N–H and O–H groups in total. The summed E-state index contributed by atoms with van der Waals surface area (Å²) in [5, 5.41) is 7.83. The van der Waals surface area contributed by atoms with Crippen molar-refractivity contribution in [2.75, 3.05) is 26.2 Å². The number of piperidine rings is 1. The molecule has 1 fully saturated rings. The van der Waals surface area contributed by atoms with Gasteiger partial charge in [-0.25, -0.2) is 4.68 Å². The Morgan fingerprint density at radius 3 is 2.58 bits per heavy atom. The maximum absolute atomic E-state index is 12.6. The number of nitrogens with one attached hydrogen (secondary N) is 1. The zero-order chi connectivity index (χ0) is 16.1. The predicted octanol–water partition coefficient (Wildman–Crippen LogP) is 2.76. The second-order valence-electron chi connectivity index (χ2n) is 6.02. The van der Waals surface area contributed by atoms with Gasteiger partial charge < -0.3 is 10.2 Å². The van der Waals surface area contributed by atoms with Crippen LogP contribution >= 0.6 is 12.4 Å². The molecule has 1 saturated heterocycles. The summed E-state index contributed by atoms with van der Waals surface area (Å²) in [6.07, 6.45) is 3.98. The van der Waals surface area contributed by atoms with E-state index < -0.39 is 0 Å². The van der Waals surface area contributed by atoms with Crippen LogP contribution in [0.1, 0.15) is 30.3 Å². The number of nitrogens with zero attached hydrogens (tertiary/aromatic N) is 3. The first-order valence-corrected chi connectivity index (χ1v) is 8.39. The minimum atomic E-state index is 0. The number of hydrogen-bond acceptors (Lipinski definition) is 3. The molecule has 1 aromatic heterocycles. The number of hydrogen-bond donors (Lipinski definition) is 1. The van der Waals surface area contributed by atoms with Crippen molar-refractivity contribution < 1.29 is 4.79 Å². The molecule has 2 aromatic rings. The Morgan fingerprint density at radius 2 is 1.92 bits per heavy atom. The highest BCUT2D eigenvalue weighted by molar-refractivity contribution is 5.92. The molecular formula is C18H25ClN4O. The number of carbonyl (C=O) groups is 1. The van der Waals surface area contributed by atoms with Crippen molar-refractivity contribution in [2.45, 2.75) is 19.8 Å². The zero-order valence-electron chi connectivity index (χ0n) is 14.0. The Balaban J connectivity index is 0.00000208. The molecule has 0 radical (unpaired) electrons. The van der Waals surface area contributed by atoms with Crippen LogP contribution in [-0.2, 0) is 0 Å². The Labute approximate surface area is 149 Å². The summed E-state index contributed by atoms with van der Waals surface area (Å²) in [6, 6.07) is 11.7. The van der Waals surface area contributed by atoms with Gasteiger partial charge in [0.2, 0.25) is 0 Å². The lowest BCUT2D eigenvalue weighted by molar-refractivity contribution is 0.0684. The van der Waals surface area contributed by atoms with Crippen molar-refractivity contribution >= 4 is 18.3 Å². The molecule has 0 unspecified atom stereocenters. The van der Waals surface area contributed by atoms with Crippen LogP contribution < -0.4 is 5.32 Å². The average Bonchev–Trinajstić information content (AvgIpc) is 3.11. The molecule has 2 heterocycles. The van der Waals surface area contributed by atoms with E-state index in [1.54, 1.807) is 10.7 Å². The summed E-state index contributed by atoms with van der Waals surface area (Å²) in [5.41, 5.74) is 1.50. The summed E-state index contributed by atoms with van der Waals surface area (Å²) in [5.74, 6) is 0.724. The highest BCUT2D eigenvalue weighted by atomic mass is 35.5. The number of rotatable bonds is 5. The van der Waals surface area contributed by atoms with Crippen molar-refractivity contribution in [3.63, 3.8) is 0 Å². The number of para-hydroxylation sites is 1. The van der Waals surface area contributed by atoms with E-state index in [1.807, 2.05) is 41.4 Å². The molecule has 1 aliphatic rings. The molecule has 0 spiro atoms. The van der Waals surface area contributed by atoms with E-state index in [1.165, 1.54) is 0 Å². The molecule has 3 rings (SSSR count). The van der Waals surface area contributed by atoms with E-state index in [0.29, 0.717) is 11.6 Å². The fourth-order valence-corrected chi connectivity index (χ4v) is 3.01. The molecular weight excluding hydrogens is 324 g/mol. The van der Waals surface area contributed by atoms with Crippen LogP contribution in [0.5, 0.6) is 0 Å². The van der Waals surface area contributed by atoms with Gasteiger partial charge in [-0.15, -0.1) is 12.4 Å². The average molecular weight is 349 g/mol. The topological polar surface area (TPSA) is 50.2 Å². The summed E-state index contributed by atoms with van der Waals surface area (Å²) in [6.45, 7) is 5.85. The van der Waals surface area contributed by atoms with Crippen molar-refractivity contribution in [1.29, 1.82) is 0 Å². The Kier molecular flexibility index (Phi) is 6.82. The SMILES string of the molecule is CCNCC1CCN(C(=O)c2ccn(-c3ccccc3)n2)CC1.Cl. The number of benzene rings is 1. The lowest BCUT2D eigenvalue weighted by Crippen LogP contribution is -2.41. The fraction of sp³-hybridized carbons (Fsp3) is 0.444. The quantitative estimate of drug-likeness (QED) is 0.903. The van der Waals surface area contributed by atoms with E-state index in [0.717, 1.165) is 44.7 Å². The van der Waals surface area contributed by atoms with Gasteiger partial charge in [-0.2, -0.15) is 5.10 Å². The smallest absolute Gasteiger partial charge is 0.274 e. The Bertz CT molecular complexity index is 635. The lowest BCUT2D eigenvalue weighted by Gasteiger charge is -2.31. The number of carbonyl (C=O) groups excluding carboxylic acids is 1. The number of amides is 1. The third-order valence-corrected chi connectivity index (χ3v) is 4.41. The number of likely N-dealkylation sites (tertiary alicyclic amines) is 1. The first-order chi connectivity index (χ1) is 11.3. The van der Waals surface area contributed by atoms with Crippen molar-refractivity contribution in [3.8, 4) is 5.69 Å². The van der Waals surface area contributed by atoms with Gasteiger partial charge in [0, 0.05) is 19.3 Å². The molecule has 0 atom stereocenters. The van der Waals surface area contributed by atoms with Gasteiger partial charge in [0.15, 0.2) is 5.69 Å². The summed E-state index contributed by atoms with van der Waals surface area (Å²) < 4.78 is 1.76. The molecule has 5 nitrogen and oxygen atoms in total. The lowest BCUT2D eigenvalue weighted by atomic mass is 9.96. The van der Waals surface area contributed by atoms with Crippen LogP contribution in [0, 0.1) is 5.92 Å². The largest absolute Gasteiger partial charge is 0.337 e. The molecule has 24 heavy (non-hydrogen) atoms. The van der Waals surface area contributed by atoms with Crippen molar-refractivity contribution in [1.82, 2.24) is 20.0 Å². The summed E-state index contributed by atoms with van der Waals surface area (Å²) >= 11 is 0. The van der Waals surface area contributed by atoms with Crippen LogP contribution in [-0.4, -0.2) is 46.8 Å². The van der Waals surface area contributed by atoms with Crippen LogP contribution in [0.4, 0.5) is 0 Å². The van der Waals surface area contributed by atoms with Crippen LogP contribution in [0.2, 0.25) is 0 Å². The third kappa shape index (κ3) is 4.36. The highest BCUT2D eigenvalue weighted by Gasteiger charge is 2.24. The van der Waals surface area contributed by atoms with Gasteiger partial charge in [0.1, 0.15) is 0 Å². The minimum Gasteiger partial charge on any atom is -0.337 e. The first kappa shape index (κ1) is 18.5. The maximum atomic E-state index is 12.6. The number of aromatic nitrogens is 2. The van der Waals surface area contributed by atoms with Gasteiger partial charge >= 0.3 is 0 Å². The standard InChI is InChI=1S/C18H24N4O.ClH/c1-2-19-14-15-8-11-21(12-9-15)18(23)17-10-13-22(20-17)16-6-4-3-5-7-16;/h3-7,10,13,15,19H,2,8-9,11-12,14H2,1H3;1H. The van der Waals surface area contributed by atoms with Gasteiger partial charge in [-0.3, -0.25) is 4.79 Å². The van der Waals surface area contributed by atoms with Crippen LogP contribution in [0.3, 0.4) is 0 Å². The molecule has 0 aliphatic carbocycles. The zero-order valence-corrected chi connectivity index (χ0v) is 14.8. The number of halogens is 1. The fourth-order valence-electron chi connectivity index (χ4n) is 3.01. The molecule has 0 bridgehead atoms. The minimum absolute atomic E-state index is 0. The van der Waals surface area contributed by atoms with Gasteiger partial charge in [0.25, 0.3) is 5.91 Å². The predicted molar refractivity (Wildman–Crippen MR) is 98.0 cm³/mol. The van der Waals surface area contributed by atoms with E-state index in [9.17, 15) is 4.79 Å². The van der Waals surface area contributed by atoms with Crippen LogP contribution in [0.25, 0.3) is 5.69 Å². The van der Waals surface area contributed by atoms with Crippen molar-refractivity contribution in [3.05, 3.63) is 48.3 Å². The summed E-state index contributed by atoms with van der Waals surface area (Å²) in [4.78, 5) is 14.5. The third-order valence-electron chi connectivity index (χ3n) is 4.41. The molecule has 1 amide bonds. The molecule has 0 saturated carbocycles. The monoisotopic (exact) mass is 348 g/mol. The van der Waals surface area contributed by atoms with Gasteiger partial charge in [-0.05, 0) is 50.0 Å². The highest BCUT2D eigenvalue weighted by Crippen LogP contribution is 2.18. The second-order valence-corrected chi connectivity index (χ2v) is 6.02. The van der Waals surface area contributed by atoms with Gasteiger partial charge in [0.05, 0.1) is 5.69 Å². The van der Waals surface area contributed by atoms with E-state index in [-0.39, 0.29) is 18.3 Å². The second kappa shape index (κ2) is 8.85.